The van der Waals surface area contributed by atoms with E-state index in [1.54, 1.807) is 24.4 Å². The van der Waals surface area contributed by atoms with Gasteiger partial charge in [0.25, 0.3) is 0 Å². The number of hydrogen-bond acceptors (Lipinski definition) is 6. The molecule has 0 aliphatic carbocycles. The van der Waals surface area contributed by atoms with Crippen LogP contribution in [0, 0.1) is 0 Å². The van der Waals surface area contributed by atoms with Crippen molar-refractivity contribution < 1.29 is 14.3 Å². The third-order valence-corrected chi connectivity index (χ3v) is 4.57. The van der Waals surface area contributed by atoms with Gasteiger partial charge in [0.2, 0.25) is 5.91 Å². The van der Waals surface area contributed by atoms with Crippen molar-refractivity contribution in [1.29, 1.82) is 0 Å². The molecule has 7 nitrogen and oxygen atoms in total. The Morgan fingerprint density at radius 1 is 1.19 bits per heavy atom. The molecule has 0 bridgehead atoms. The predicted molar refractivity (Wildman–Crippen MR) is 105 cm³/mol. The molecule has 3 rings (SSSR count). The first-order valence-corrected chi connectivity index (χ1v) is 9.00. The van der Waals surface area contributed by atoms with Crippen LogP contribution in [0.3, 0.4) is 0 Å². The number of methoxy groups -OCH3 is 1. The zero-order valence-electron chi connectivity index (χ0n) is 16.7. The molecule has 0 saturated heterocycles. The zero-order chi connectivity index (χ0) is 19.7. The average molecular weight is 370 g/mol. The van der Waals surface area contributed by atoms with Crippen LogP contribution in [0.1, 0.15) is 37.9 Å². The fraction of sp³-hybridized carbons (Fsp3) is 0.450. The largest absolute Gasteiger partial charge is 0.493 e. The van der Waals surface area contributed by atoms with Gasteiger partial charge < -0.3 is 14.4 Å². The average Bonchev–Trinajstić information content (AvgIpc) is 2.62. The smallest absolute Gasteiger partial charge is 0.233 e. The van der Waals surface area contributed by atoms with Gasteiger partial charge in [-0.1, -0.05) is 0 Å². The molecule has 0 fully saturated rings. The summed E-state index contributed by atoms with van der Waals surface area (Å²) in [5.41, 5.74) is 1.99. The Balaban J connectivity index is 1.99. The van der Waals surface area contributed by atoms with Crippen LogP contribution in [-0.2, 0) is 11.2 Å². The van der Waals surface area contributed by atoms with E-state index in [1.807, 2.05) is 51.9 Å². The monoisotopic (exact) mass is 370 g/mol. The number of rotatable bonds is 5. The molecule has 0 N–H and O–H groups in total. The summed E-state index contributed by atoms with van der Waals surface area (Å²) in [6.07, 6.45) is 3.63. The van der Waals surface area contributed by atoms with Crippen molar-refractivity contribution in [2.45, 2.75) is 39.3 Å². The molecule has 2 aromatic rings. The second-order valence-corrected chi connectivity index (χ2v) is 7.11. The summed E-state index contributed by atoms with van der Waals surface area (Å²) in [5, 5.41) is 0. The van der Waals surface area contributed by atoms with Crippen LogP contribution < -0.4 is 19.3 Å². The predicted octanol–water partition coefficient (Wildman–Crippen LogP) is 2.99. The molecule has 27 heavy (non-hydrogen) atoms. The van der Waals surface area contributed by atoms with Gasteiger partial charge in [0.1, 0.15) is 5.82 Å². The number of hydrogen-bond donors (Lipinski definition) is 0. The molecule has 1 aliphatic heterocycles. The molecule has 144 valence electrons. The van der Waals surface area contributed by atoms with E-state index in [9.17, 15) is 4.79 Å². The van der Waals surface area contributed by atoms with E-state index >= 15 is 0 Å². The number of fused-ring (bicyclic) bond motifs is 1. The van der Waals surface area contributed by atoms with Crippen LogP contribution in [0.25, 0.3) is 0 Å². The molecule has 1 aromatic heterocycles. The lowest BCUT2D eigenvalue weighted by molar-refractivity contribution is -0.118. The maximum absolute atomic E-state index is 12.8. The Hall–Kier alpha value is -2.83. The van der Waals surface area contributed by atoms with Gasteiger partial charge in [-0.3, -0.25) is 9.69 Å². The fourth-order valence-corrected chi connectivity index (χ4v) is 3.26. The van der Waals surface area contributed by atoms with E-state index in [0.717, 1.165) is 16.9 Å². The number of benzene rings is 1. The van der Waals surface area contributed by atoms with Crippen LogP contribution >= 0.6 is 0 Å². The van der Waals surface area contributed by atoms with E-state index in [4.69, 9.17) is 9.47 Å². The first kappa shape index (κ1) is 18.9. The minimum absolute atomic E-state index is 0.0125. The van der Waals surface area contributed by atoms with E-state index in [-0.39, 0.29) is 24.5 Å². The quantitative estimate of drug-likeness (QED) is 0.806. The molecule has 1 aliphatic rings. The van der Waals surface area contributed by atoms with Crippen molar-refractivity contribution in [2.24, 2.45) is 0 Å². The second kappa shape index (κ2) is 7.42. The molecule has 1 atom stereocenters. The molecule has 0 saturated carbocycles. The first-order chi connectivity index (χ1) is 12.8. The summed E-state index contributed by atoms with van der Waals surface area (Å²) in [7, 11) is 5.41. The van der Waals surface area contributed by atoms with Crippen LogP contribution in [0.2, 0.25) is 0 Å². The summed E-state index contributed by atoms with van der Waals surface area (Å²) in [6.45, 7) is 5.93. The van der Waals surface area contributed by atoms with Crippen LogP contribution in [0.4, 0.5) is 11.6 Å². The molecule has 7 heteroatoms. The highest BCUT2D eigenvalue weighted by molar-refractivity contribution is 5.96. The van der Waals surface area contributed by atoms with Gasteiger partial charge in [0, 0.05) is 14.1 Å². The van der Waals surface area contributed by atoms with Crippen molar-refractivity contribution >= 4 is 17.5 Å². The number of amides is 1. The highest BCUT2D eigenvalue weighted by Crippen LogP contribution is 2.40. The minimum atomic E-state index is -0.179. The van der Waals surface area contributed by atoms with Crippen molar-refractivity contribution in [3.8, 4) is 11.5 Å². The lowest BCUT2D eigenvalue weighted by Gasteiger charge is -2.35. The summed E-state index contributed by atoms with van der Waals surface area (Å²) in [5.74, 6) is 2.61. The highest BCUT2D eigenvalue weighted by atomic mass is 16.5. The molecule has 0 spiro atoms. The highest BCUT2D eigenvalue weighted by Gasteiger charge is 2.33. The molecule has 1 unspecified atom stereocenters. The van der Waals surface area contributed by atoms with Crippen molar-refractivity contribution in [1.82, 2.24) is 9.97 Å². The normalized spacial score (nSPS) is 16.3. The molecule has 1 amide bonds. The number of ether oxygens (including phenoxy) is 2. The molecule has 2 heterocycles. The Labute approximate surface area is 159 Å². The molecular weight excluding hydrogens is 344 g/mol. The SMILES string of the molecule is COc1cc2c(cc1OC(C)C)C(C)N(c1cnc(N(C)C)cn1)C(=O)C2. The Kier molecular flexibility index (Phi) is 5.21. The number of carbonyl (C=O) groups excluding carboxylic acids is 1. The van der Waals surface area contributed by atoms with E-state index in [0.29, 0.717) is 17.3 Å². The summed E-state index contributed by atoms with van der Waals surface area (Å²) in [4.78, 5) is 25.2. The van der Waals surface area contributed by atoms with Gasteiger partial charge in [-0.2, -0.15) is 0 Å². The maximum atomic E-state index is 12.8. The van der Waals surface area contributed by atoms with Crippen molar-refractivity contribution in [2.75, 3.05) is 31.0 Å². The third-order valence-electron chi connectivity index (χ3n) is 4.57. The maximum Gasteiger partial charge on any atom is 0.233 e. The number of nitrogens with zero attached hydrogens (tertiary/aromatic N) is 4. The topological polar surface area (TPSA) is 67.8 Å². The van der Waals surface area contributed by atoms with Crippen molar-refractivity contribution in [3.63, 3.8) is 0 Å². The van der Waals surface area contributed by atoms with Gasteiger partial charge in [0.15, 0.2) is 17.3 Å². The van der Waals surface area contributed by atoms with Crippen LogP contribution in [0.5, 0.6) is 11.5 Å². The molecule has 1 aromatic carbocycles. The summed E-state index contributed by atoms with van der Waals surface area (Å²) < 4.78 is 11.4. The van der Waals surface area contributed by atoms with Crippen LogP contribution in [0.15, 0.2) is 24.5 Å². The minimum Gasteiger partial charge on any atom is -0.493 e. The van der Waals surface area contributed by atoms with Crippen molar-refractivity contribution in [3.05, 3.63) is 35.7 Å². The number of carbonyl (C=O) groups is 1. The van der Waals surface area contributed by atoms with Gasteiger partial charge in [-0.25, -0.2) is 9.97 Å². The Bertz CT molecular complexity index is 834. The van der Waals surface area contributed by atoms with Gasteiger partial charge in [-0.05, 0) is 44.0 Å². The lowest BCUT2D eigenvalue weighted by Crippen LogP contribution is -2.39. The Morgan fingerprint density at radius 2 is 1.93 bits per heavy atom. The zero-order valence-corrected chi connectivity index (χ0v) is 16.7. The fourth-order valence-electron chi connectivity index (χ4n) is 3.26. The number of anilines is 2. The van der Waals surface area contributed by atoms with E-state index in [1.165, 1.54) is 0 Å². The summed E-state index contributed by atoms with van der Waals surface area (Å²) in [6, 6.07) is 3.70. The molecule has 0 radical (unpaired) electrons. The number of aromatic nitrogens is 2. The van der Waals surface area contributed by atoms with E-state index in [2.05, 4.69) is 9.97 Å². The first-order valence-electron chi connectivity index (χ1n) is 9.00. The van der Waals surface area contributed by atoms with E-state index < -0.39 is 0 Å². The van der Waals surface area contributed by atoms with Crippen LogP contribution in [-0.4, -0.2) is 43.2 Å². The van der Waals surface area contributed by atoms with Gasteiger partial charge >= 0.3 is 0 Å². The molecular formula is C20H26N4O3. The second-order valence-electron chi connectivity index (χ2n) is 7.11. The summed E-state index contributed by atoms with van der Waals surface area (Å²) >= 11 is 0. The van der Waals surface area contributed by atoms with Gasteiger partial charge in [-0.15, -0.1) is 0 Å². The standard InChI is InChI=1S/C20H26N4O3/c1-12(2)27-17-9-15-13(3)24(19-11-21-18(10-22-19)23(4)5)20(25)8-14(15)7-16(17)26-6/h7,9-13H,8H2,1-6H3. The third kappa shape index (κ3) is 3.67. The Morgan fingerprint density at radius 3 is 2.48 bits per heavy atom. The lowest BCUT2D eigenvalue weighted by atomic mass is 9.92. The van der Waals surface area contributed by atoms with Gasteiger partial charge in [0.05, 0.1) is 38.1 Å².